The highest BCUT2D eigenvalue weighted by atomic mass is 32.1. The van der Waals surface area contributed by atoms with E-state index in [-0.39, 0.29) is 5.91 Å². The molecule has 0 aliphatic carbocycles. The molecule has 0 aliphatic rings. The molecule has 1 heterocycles. The van der Waals surface area contributed by atoms with Crippen molar-refractivity contribution in [1.82, 2.24) is 5.32 Å². The van der Waals surface area contributed by atoms with E-state index >= 15 is 0 Å². The zero-order valence-corrected chi connectivity index (χ0v) is 11.0. The number of ether oxygens (including phenoxy) is 1. The Labute approximate surface area is 110 Å². The number of carbonyl (C=O) groups excluding carboxylic acids is 1. The van der Waals surface area contributed by atoms with Crippen LogP contribution in [-0.4, -0.2) is 13.0 Å². The lowest BCUT2D eigenvalue weighted by molar-refractivity contribution is 0.0951. The summed E-state index contributed by atoms with van der Waals surface area (Å²) in [6.07, 6.45) is 0. The third-order valence-corrected chi connectivity index (χ3v) is 3.41. The van der Waals surface area contributed by atoms with Gasteiger partial charge in [-0.3, -0.25) is 4.79 Å². The van der Waals surface area contributed by atoms with Gasteiger partial charge in [0.05, 0.1) is 13.2 Å². The minimum Gasteiger partial charge on any atom is -0.380 e. The topological polar surface area (TPSA) is 38.3 Å². The van der Waals surface area contributed by atoms with Crippen LogP contribution >= 0.6 is 11.3 Å². The molecule has 0 fully saturated rings. The van der Waals surface area contributed by atoms with Crippen molar-refractivity contribution in [2.75, 3.05) is 7.11 Å². The van der Waals surface area contributed by atoms with Gasteiger partial charge in [0.15, 0.2) is 0 Å². The van der Waals surface area contributed by atoms with Gasteiger partial charge in [-0.05, 0) is 29.1 Å². The Morgan fingerprint density at radius 1 is 1.28 bits per heavy atom. The van der Waals surface area contributed by atoms with Crippen molar-refractivity contribution in [1.29, 1.82) is 0 Å². The summed E-state index contributed by atoms with van der Waals surface area (Å²) in [5.41, 5.74) is 1.73. The molecule has 3 nitrogen and oxygen atoms in total. The fourth-order valence-electron chi connectivity index (χ4n) is 1.60. The van der Waals surface area contributed by atoms with Gasteiger partial charge in [-0.15, -0.1) is 11.3 Å². The Hall–Kier alpha value is -1.65. The van der Waals surface area contributed by atoms with Crippen LogP contribution in [0.2, 0.25) is 0 Å². The SMILES string of the molecule is COCc1ccc(C(=O)NCc2cccs2)cc1. The van der Waals surface area contributed by atoms with E-state index in [0.717, 1.165) is 10.4 Å². The molecule has 1 N–H and O–H groups in total. The minimum absolute atomic E-state index is 0.0487. The van der Waals surface area contributed by atoms with E-state index in [1.54, 1.807) is 18.4 Å². The van der Waals surface area contributed by atoms with Gasteiger partial charge in [-0.2, -0.15) is 0 Å². The van der Waals surface area contributed by atoms with Crippen LogP contribution in [0.5, 0.6) is 0 Å². The maximum Gasteiger partial charge on any atom is 0.251 e. The fourth-order valence-corrected chi connectivity index (χ4v) is 2.25. The van der Waals surface area contributed by atoms with E-state index in [0.29, 0.717) is 18.7 Å². The van der Waals surface area contributed by atoms with E-state index in [1.807, 2.05) is 41.8 Å². The zero-order valence-electron chi connectivity index (χ0n) is 10.2. The predicted molar refractivity (Wildman–Crippen MR) is 72.6 cm³/mol. The van der Waals surface area contributed by atoms with Crippen molar-refractivity contribution in [2.24, 2.45) is 0 Å². The summed E-state index contributed by atoms with van der Waals surface area (Å²) < 4.78 is 5.03. The fraction of sp³-hybridized carbons (Fsp3) is 0.214. The van der Waals surface area contributed by atoms with Crippen LogP contribution in [0, 0.1) is 0 Å². The monoisotopic (exact) mass is 261 g/mol. The number of carbonyl (C=O) groups is 1. The standard InChI is InChI=1S/C14H15NO2S/c1-17-10-11-4-6-12(7-5-11)14(16)15-9-13-3-2-8-18-13/h2-8H,9-10H2,1H3,(H,15,16). The number of nitrogens with one attached hydrogen (secondary N) is 1. The van der Waals surface area contributed by atoms with Crippen molar-refractivity contribution in [2.45, 2.75) is 13.2 Å². The number of rotatable bonds is 5. The summed E-state index contributed by atoms with van der Waals surface area (Å²) in [5.74, 6) is -0.0487. The second-order valence-electron chi connectivity index (χ2n) is 3.89. The van der Waals surface area contributed by atoms with E-state index in [4.69, 9.17) is 4.74 Å². The Morgan fingerprint density at radius 2 is 2.06 bits per heavy atom. The van der Waals surface area contributed by atoms with E-state index in [2.05, 4.69) is 5.32 Å². The number of thiophene rings is 1. The van der Waals surface area contributed by atoms with Gasteiger partial charge in [0.2, 0.25) is 0 Å². The number of benzene rings is 1. The molecule has 1 aromatic carbocycles. The van der Waals surface area contributed by atoms with Crippen LogP contribution in [0.15, 0.2) is 41.8 Å². The third-order valence-electron chi connectivity index (χ3n) is 2.53. The lowest BCUT2D eigenvalue weighted by Gasteiger charge is -2.05. The Balaban J connectivity index is 1.92. The second-order valence-corrected chi connectivity index (χ2v) is 4.92. The summed E-state index contributed by atoms with van der Waals surface area (Å²) in [7, 11) is 1.65. The Morgan fingerprint density at radius 3 is 2.67 bits per heavy atom. The normalized spacial score (nSPS) is 10.3. The number of methoxy groups -OCH3 is 1. The molecule has 1 aromatic heterocycles. The first kappa shape index (κ1) is 12.8. The Bertz CT molecular complexity index is 491. The van der Waals surface area contributed by atoms with Gasteiger partial charge in [0, 0.05) is 17.6 Å². The lowest BCUT2D eigenvalue weighted by atomic mass is 10.1. The highest BCUT2D eigenvalue weighted by Crippen LogP contribution is 2.09. The van der Waals surface area contributed by atoms with Gasteiger partial charge < -0.3 is 10.1 Å². The zero-order chi connectivity index (χ0) is 12.8. The molecule has 94 valence electrons. The summed E-state index contributed by atoms with van der Waals surface area (Å²) >= 11 is 1.64. The molecule has 2 aromatic rings. The number of amides is 1. The average Bonchev–Trinajstić information content (AvgIpc) is 2.90. The second kappa shape index (κ2) is 6.33. The highest BCUT2D eigenvalue weighted by Gasteiger charge is 2.05. The smallest absolute Gasteiger partial charge is 0.251 e. The number of hydrogen-bond acceptors (Lipinski definition) is 3. The van der Waals surface area contributed by atoms with Crippen LogP contribution in [0.1, 0.15) is 20.8 Å². The van der Waals surface area contributed by atoms with E-state index < -0.39 is 0 Å². The molecule has 1 amide bonds. The first-order valence-electron chi connectivity index (χ1n) is 5.68. The lowest BCUT2D eigenvalue weighted by Crippen LogP contribution is -2.22. The first-order chi connectivity index (χ1) is 8.79. The summed E-state index contributed by atoms with van der Waals surface area (Å²) in [4.78, 5) is 13.0. The van der Waals surface area contributed by atoms with Crippen molar-refractivity contribution in [3.05, 3.63) is 57.8 Å². The highest BCUT2D eigenvalue weighted by molar-refractivity contribution is 7.09. The third kappa shape index (κ3) is 3.42. The van der Waals surface area contributed by atoms with E-state index in [1.165, 1.54) is 0 Å². The van der Waals surface area contributed by atoms with Gasteiger partial charge >= 0.3 is 0 Å². The summed E-state index contributed by atoms with van der Waals surface area (Å²) in [6.45, 7) is 1.15. The molecule has 0 aliphatic heterocycles. The molecule has 0 spiro atoms. The molecule has 0 saturated heterocycles. The molecule has 0 radical (unpaired) electrons. The first-order valence-corrected chi connectivity index (χ1v) is 6.56. The number of hydrogen-bond donors (Lipinski definition) is 1. The maximum atomic E-state index is 11.9. The molecule has 0 bridgehead atoms. The maximum absolute atomic E-state index is 11.9. The molecular formula is C14H15NO2S. The quantitative estimate of drug-likeness (QED) is 0.898. The van der Waals surface area contributed by atoms with Crippen molar-refractivity contribution in [3.8, 4) is 0 Å². The largest absolute Gasteiger partial charge is 0.380 e. The molecular weight excluding hydrogens is 246 g/mol. The molecule has 4 heteroatoms. The minimum atomic E-state index is -0.0487. The van der Waals surface area contributed by atoms with Crippen molar-refractivity contribution >= 4 is 17.2 Å². The Kier molecular flexibility index (Phi) is 4.50. The van der Waals surface area contributed by atoms with Crippen LogP contribution in [0.3, 0.4) is 0 Å². The molecule has 0 atom stereocenters. The molecule has 0 unspecified atom stereocenters. The van der Waals surface area contributed by atoms with Gasteiger partial charge in [-0.25, -0.2) is 0 Å². The van der Waals surface area contributed by atoms with Crippen LogP contribution in [0.4, 0.5) is 0 Å². The summed E-state index contributed by atoms with van der Waals surface area (Å²) in [5, 5.41) is 4.89. The average molecular weight is 261 g/mol. The summed E-state index contributed by atoms with van der Waals surface area (Å²) in [6, 6.07) is 11.4. The van der Waals surface area contributed by atoms with Crippen LogP contribution in [-0.2, 0) is 17.9 Å². The molecule has 18 heavy (non-hydrogen) atoms. The van der Waals surface area contributed by atoms with Gasteiger partial charge in [0.25, 0.3) is 5.91 Å². The predicted octanol–water partition coefficient (Wildman–Crippen LogP) is 2.82. The van der Waals surface area contributed by atoms with Crippen LogP contribution < -0.4 is 5.32 Å². The van der Waals surface area contributed by atoms with Crippen molar-refractivity contribution < 1.29 is 9.53 Å². The molecule has 2 rings (SSSR count). The van der Waals surface area contributed by atoms with Crippen LogP contribution in [0.25, 0.3) is 0 Å². The van der Waals surface area contributed by atoms with E-state index in [9.17, 15) is 4.79 Å². The van der Waals surface area contributed by atoms with Crippen molar-refractivity contribution in [3.63, 3.8) is 0 Å². The van der Waals surface area contributed by atoms with Gasteiger partial charge in [0.1, 0.15) is 0 Å². The van der Waals surface area contributed by atoms with Gasteiger partial charge in [-0.1, -0.05) is 18.2 Å². The molecule has 0 saturated carbocycles.